The van der Waals surface area contributed by atoms with Crippen LogP contribution in [-0.2, 0) is 14.4 Å². The molecule has 0 amide bonds. The minimum atomic E-state index is -4.15. The maximum atomic E-state index is 13.4. The summed E-state index contributed by atoms with van der Waals surface area (Å²) in [5.41, 5.74) is 3.87. The van der Waals surface area contributed by atoms with Gasteiger partial charge in [0.25, 0.3) is 0 Å². The Bertz CT molecular complexity index is 1270. The van der Waals surface area contributed by atoms with Gasteiger partial charge in [-0.2, -0.15) is 13.7 Å². The van der Waals surface area contributed by atoms with Crippen molar-refractivity contribution >= 4 is 32.5 Å². The monoisotopic (exact) mass is 494 g/mol. The van der Waals surface area contributed by atoms with E-state index in [9.17, 15) is 13.7 Å². The number of thioether (sulfide) groups is 1. The molecule has 0 bridgehead atoms. The van der Waals surface area contributed by atoms with Crippen molar-refractivity contribution < 1.29 is 12.7 Å². The highest BCUT2D eigenvalue weighted by Gasteiger charge is 2.29. The summed E-state index contributed by atoms with van der Waals surface area (Å²) in [5.74, 6) is 0.269. The Labute approximate surface area is 207 Å². The van der Waals surface area contributed by atoms with Crippen molar-refractivity contribution in [1.29, 1.82) is 5.26 Å². The van der Waals surface area contributed by atoms with Gasteiger partial charge in [-0.25, -0.2) is 0 Å². The summed E-state index contributed by atoms with van der Waals surface area (Å²) in [4.78, 5) is 0.900. The molecule has 34 heavy (non-hydrogen) atoms. The zero-order valence-electron chi connectivity index (χ0n) is 20.4. The van der Waals surface area contributed by atoms with E-state index in [-0.39, 0.29) is 22.6 Å². The summed E-state index contributed by atoms with van der Waals surface area (Å²) in [5, 5.41) is 14.0. The third-order valence-electron chi connectivity index (χ3n) is 5.57. The maximum Gasteiger partial charge on any atom is 0.359 e. The molecular weight excluding hydrogens is 464 g/mol. The van der Waals surface area contributed by atoms with Crippen LogP contribution in [0.3, 0.4) is 0 Å². The van der Waals surface area contributed by atoms with Gasteiger partial charge in [-0.3, -0.25) is 4.28 Å². The third kappa shape index (κ3) is 5.63. The molecule has 1 aliphatic heterocycles. The summed E-state index contributed by atoms with van der Waals surface area (Å²) in [6.45, 7) is 12.1. The molecule has 0 radical (unpaired) electrons. The number of hydrogen-bond acceptors (Lipinski definition) is 6. The fraction of sp³-hybridized carbons (Fsp3) is 0.333. The van der Waals surface area contributed by atoms with Crippen LogP contribution in [0, 0.1) is 11.3 Å². The molecule has 5 nitrogen and oxygen atoms in total. The molecule has 0 saturated carbocycles. The molecule has 2 aromatic carbocycles. The van der Waals surface area contributed by atoms with Crippen molar-refractivity contribution in [3.63, 3.8) is 0 Å². The Hall–Kier alpha value is -2.82. The number of oxime groups is 1. The van der Waals surface area contributed by atoms with E-state index in [1.807, 2.05) is 70.2 Å². The molecule has 0 fully saturated rings. The molecule has 3 rings (SSSR count). The van der Waals surface area contributed by atoms with Gasteiger partial charge in [0.2, 0.25) is 0 Å². The minimum Gasteiger partial charge on any atom is -0.264 e. The van der Waals surface area contributed by atoms with E-state index in [4.69, 9.17) is 4.28 Å². The van der Waals surface area contributed by atoms with Crippen LogP contribution in [0.5, 0.6) is 0 Å². The molecular formula is C27H30N2O3S2. The summed E-state index contributed by atoms with van der Waals surface area (Å²) in [6.07, 6.45) is 3.41. The van der Waals surface area contributed by atoms with Crippen molar-refractivity contribution in [2.45, 2.75) is 64.2 Å². The summed E-state index contributed by atoms with van der Waals surface area (Å²) in [7, 11) is -4.15. The first-order valence-corrected chi connectivity index (χ1v) is 13.5. The fourth-order valence-corrected chi connectivity index (χ4v) is 5.98. The SMILES string of the molecule is CC(C)c1cc(C(C)C)c(S(=O)(=O)ON=C2C=CC(=C(C#N)c3ccccc3)S2)c(C(C)C)c1. The first-order chi connectivity index (χ1) is 16.0. The van der Waals surface area contributed by atoms with Crippen LogP contribution in [0.2, 0.25) is 0 Å². The van der Waals surface area contributed by atoms with Gasteiger partial charge >= 0.3 is 10.1 Å². The molecule has 7 heteroatoms. The number of nitrogens with zero attached hydrogens (tertiary/aromatic N) is 2. The second-order valence-corrected chi connectivity index (χ2v) is 11.6. The van der Waals surface area contributed by atoms with Crippen molar-refractivity contribution in [3.8, 4) is 6.07 Å². The van der Waals surface area contributed by atoms with Gasteiger partial charge in [0.1, 0.15) is 16.0 Å². The second kappa shape index (κ2) is 10.6. The van der Waals surface area contributed by atoms with E-state index in [0.717, 1.165) is 22.3 Å². The zero-order chi connectivity index (χ0) is 25.0. The van der Waals surface area contributed by atoms with Crippen molar-refractivity contribution in [1.82, 2.24) is 0 Å². The predicted octanol–water partition coefficient (Wildman–Crippen LogP) is 7.31. The minimum absolute atomic E-state index is 0.00317. The van der Waals surface area contributed by atoms with Crippen LogP contribution in [0.15, 0.2) is 69.6 Å². The quantitative estimate of drug-likeness (QED) is 0.298. The molecule has 0 aliphatic carbocycles. The third-order valence-corrected chi connectivity index (χ3v) is 7.79. The molecule has 0 saturated heterocycles. The Morgan fingerprint density at radius 2 is 1.53 bits per heavy atom. The van der Waals surface area contributed by atoms with Gasteiger partial charge in [0.15, 0.2) is 0 Å². The number of nitriles is 1. The van der Waals surface area contributed by atoms with Crippen molar-refractivity contribution in [2.24, 2.45) is 5.16 Å². The maximum absolute atomic E-state index is 13.4. The summed E-state index contributed by atoms with van der Waals surface area (Å²) in [6, 6.07) is 15.5. The number of hydrogen-bond donors (Lipinski definition) is 0. The average molecular weight is 495 g/mol. The van der Waals surface area contributed by atoms with E-state index >= 15 is 0 Å². The molecule has 178 valence electrons. The number of benzene rings is 2. The largest absolute Gasteiger partial charge is 0.359 e. The summed E-state index contributed by atoms with van der Waals surface area (Å²) >= 11 is 1.21. The Morgan fingerprint density at radius 3 is 2.03 bits per heavy atom. The lowest BCUT2D eigenvalue weighted by Gasteiger charge is -2.21. The standard InChI is InChI=1S/C27H30N2O3S2/c1-17(2)21-14-22(18(3)4)27(23(15-21)19(5)6)34(30,31)32-29-26-13-12-25(33-26)24(16-28)20-10-8-7-9-11-20/h7-15,17-19H,1-6H3. The topological polar surface area (TPSA) is 79.5 Å². The van der Waals surface area contributed by atoms with Crippen LogP contribution in [0.1, 0.15) is 81.5 Å². The molecule has 0 unspecified atom stereocenters. The highest BCUT2D eigenvalue weighted by atomic mass is 32.2. The van der Waals surface area contributed by atoms with Gasteiger partial charge in [-0.05, 0) is 52.2 Å². The predicted molar refractivity (Wildman–Crippen MR) is 140 cm³/mol. The molecule has 0 atom stereocenters. The lowest BCUT2D eigenvalue weighted by Crippen LogP contribution is -2.13. The van der Waals surface area contributed by atoms with Gasteiger partial charge in [-0.15, -0.1) is 0 Å². The van der Waals surface area contributed by atoms with Crippen LogP contribution < -0.4 is 0 Å². The van der Waals surface area contributed by atoms with E-state index in [1.165, 1.54) is 11.8 Å². The van der Waals surface area contributed by atoms with E-state index in [0.29, 0.717) is 15.5 Å². The van der Waals surface area contributed by atoms with Gasteiger partial charge in [-0.1, -0.05) is 101 Å². The Morgan fingerprint density at radius 1 is 0.941 bits per heavy atom. The number of rotatable bonds is 7. The van der Waals surface area contributed by atoms with Crippen LogP contribution >= 0.6 is 11.8 Å². The first-order valence-electron chi connectivity index (χ1n) is 11.3. The zero-order valence-corrected chi connectivity index (χ0v) is 22.0. The van der Waals surface area contributed by atoms with Crippen LogP contribution in [0.4, 0.5) is 0 Å². The molecule has 0 N–H and O–H groups in total. The van der Waals surface area contributed by atoms with Crippen LogP contribution in [-0.4, -0.2) is 13.5 Å². The highest BCUT2D eigenvalue weighted by molar-refractivity contribution is 8.18. The first kappa shape index (κ1) is 25.8. The second-order valence-electron chi connectivity index (χ2n) is 9.10. The molecule has 1 aliphatic rings. The van der Waals surface area contributed by atoms with Crippen molar-refractivity contribution in [3.05, 3.63) is 81.8 Å². The lowest BCUT2D eigenvalue weighted by atomic mass is 9.89. The van der Waals surface area contributed by atoms with Crippen LogP contribution in [0.25, 0.3) is 5.57 Å². The van der Waals surface area contributed by atoms with Gasteiger partial charge in [0.05, 0.1) is 5.57 Å². The lowest BCUT2D eigenvalue weighted by molar-refractivity contribution is 0.339. The van der Waals surface area contributed by atoms with E-state index in [2.05, 4.69) is 25.1 Å². The highest BCUT2D eigenvalue weighted by Crippen LogP contribution is 2.37. The normalized spacial score (nSPS) is 16.5. The molecule has 2 aromatic rings. The molecule has 0 aromatic heterocycles. The Kier molecular flexibility index (Phi) is 8.06. The fourth-order valence-electron chi connectivity index (χ4n) is 3.68. The van der Waals surface area contributed by atoms with Gasteiger partial charge in [0, 0.05) is 4.91 Å². The van der Waals surface area contributed by atoms with Crippen molar-refractivity contribution in [2.75, 3.05) is 0 Å². The number of allylic oxidation sites excluding steroid dienone is 2. The van der Waals surface area contributed by atoms with E-state index in [1.54, 1.807) is 12.2 Å². The smallest absolute Gasteiger partial charge is 0.264 e. The Balaban J connectivity index is 1.97. The summed E-state index contributed by atoms with van der Waals surface area (Å²) < 4.78 is 32.0. The van der Waals surface area contributed by atoms with Gasteiger partial charge < -0.3 is 0 Å². The molecule has 0 spiro atoms. The average Bonchev–Trinajstić information content (AvgIpc) is 3.26. The molecule has 1 heterocycles. The van der Waals surface area contributed by atoms with E-state index < -0.39 is 10.1 Å².